The van der Waals surface area contributed by atoms with Gasteiger partial charge in [0.2, 0.25) is 5.95 Å². The van der Waals surface area contributed by atoms with Crippen LogP contribution < -0.4 is 0 Å². The Morgan fingerprint density at radius 3 is 1.97 bits per heavy atom. The van der Waals surface area contributed by atoms with E-state index in [1.807, 2.05) is 72.8 Å². The van der Waals surface area contributed by atoms with Crippen LogP contribution in [0.15, 0.2) is 91.1 Å². The molecule has 0 aliphatic carbocycles. The summed E-state index contributed by atoms with van der Waals surface area (Å²) in [5.41, 5.74) is 4.44. The number of carbonyl (C=O) groups is 2. The van der Waals surface area contributed by atoms with E-state index >= 15 is 0 Å². The van der Waals surface area contributed by atoms with Crippen LogP contribution in [0.4, 0.5) is 0 Å². The number of aromatic nitrogens is 3. The van der Waals surface area contributed by atoms with Gasteiger partial charge < -0.3 is 5.11 Å². The van der Waals surface area contributed by atoms with Crippen LogP contribution in [0, 0.1) is 0 Å². The molecule has 2 heterocycles. The van der Waals surface area contributed by atoms with Crippen molar-refractivity contribution in [3.63, 3.8) is 0 Å². The first-order valence-electron chi connectivity index (χ1n) is 11.1. The molecular formula is C28H20ClN3O3. The van der Waals surface area contributed by atoms with Crippen LogP contribution in [-0.4, -0.2) is 31.4 Å². The maximum atomic E-state index is 12.9. The maximum absolute atomic E-state index is 12.9. The van der Waals surface area contributed by atoms with Crippen LogP contribution in [0.3, 0.4) is 0 Å². The number of nitrogens with zero attached hydrogens (tertiary/aromatic N) is 3. The van der Waals surface area contributed by atoms with Gasteiger partial charge >= 0.3 is 5.97 Å². The zero-order valence-electron chi connectivity index (χ0n) is 18.6. The lowest BCUT2D eigenvalue weighted by atomic mass is 10.1. The molecule has 0 amide bonds. The Bertz CT molecular complexity index is 1490. The largest absolute Gasteiger partial charge is 0.481 e. The van der Waals surface area contributed by atoms with Crippen LogP contribution in [-0.2, 0) is 4.79 Å². The molecule has 6 nitrogen and oxygen atoms in total. The Hall–Kier alpha value is -4.29. The quantitative estimate of drug-likeness (QED) is 0.270. The van der Waals surface area contributed by atoms with Crippen molar-refractivity contribution >= 4 is 34.3 Å². The highest BCUT2D eigenvalue weighted by molar-refractivity contribution is 6.31. The van der Waals surface area contributed by atoms with Gasteiger partial charge in [0.15, 0.2) is 5.78 Å². The zero-order valence-corrected chi connectivity index (χ0v) is 19.3. The Balaban J connectivity index is 1.72. The number of carboxylic acid groups (broad SMARTS) is 1. The van der Waals surface area contributed by atoms with E-state index in [4.69, 9.17) is 26.7 Å². The van der Waals surface area contributed by atoms with E-state index in [0.29, 0.717) is 27.4 Å². The molecule has 5 aromatic rings. The van der Waals surface area contributed by atoms with Crippen molar-refractivity contribution in [2.75, 3.05) is 0 Å². The van der Waals surface area contributed by atoms with Crippen molar-refractivity contribution in [2.45, 2.75) is 12.8 Å². The number of hydrogen-bond donors (Lipinski definition) is 1. The molecule has 0 atom stereocenters. The van der Waals surface area contributed by atoms with Gasteiger partial charge in [-0.25, -0.2) is 9.97 Å². The zero-order chi connectivity index (χ0) is 24.4. The summed E-state index contributed by atoms with van der Waals surface area (Å²) in [4.78, 5) is 33.6. The molecule has 0 spiro atoms. The lowest BCUT2D eigenvalue weighted by molar-refractivity contribution is -0.136. The highest BCUT2D eigenvalue weighted by Gasteiger charge is 2.19. The summed E-state index contributed by atoms with van der Waals surface area (Å²) in [5, 5.41) is 10.1. The van der Waals surface area contributed by atoms with Crippen molar-refractivity contribution in [1.29, 1.82) is 0 Å². The molecule has 3 aromatic carbocycles. The third-order valence-corrected chi connectivity index (χ3v) is 5.94. The monoisotopic (exact) mass is 481 g/mol. The molecule has 0 unspecified atom stereocenters. The molecule has 0 radical (unpaired) electrons. The molecule has 35 heavy (non-hydrogen) atoms. The number of fused-ring (bicyclic) bond motifs is 1. The third-order valence-electron chi connectivity index (χ3n) is 5.70. The van der Waals surface area contributed by atoms with Gasteiger partial charge in [0.05, 0.1) is 23.3 Å². The molecule has 2 aromatic heterocycles. The van der Waals surface area contributed by atoms with Gasteiger partial charge in [-0.05, 0) is 24.3 Å². The number of hydrogen-bond acceptors (Lipinski definition) is 4. The van der Waals surface area contributed by atoms with Crippen LogP contribution in [0.5, 0.6) is 0 Å². The van der Waals surface area contributed by atoms with Crippen LogP contribution in [0.1, 0.15) is 23.2 Å². The summed E-state index contributed by atoms with van der Waals surface area (Å²) in [6.07, 6.45) is 1.31. The fourth-order valence-corrected chi connectivity index (χ4v) is 4.17. The summed E-state index contributed by atoms with van der Waals surface area (Å²) in [7, 11) is 0. The van der Waals surface area contributed by atoms with Gasteiger partial charge in [-0.2, -0.15) is 0 Å². The number of carbonyl (C=O) groups excluding carboxylic acids is 1. The summed E-state index contributed by atoms with van der Waals surface area (Å²) < 4.78 is 1.76. The lowest BCUT2D eigenvalue weighted by Gasteiger charge is -2.10. The summed E-state index contributed by atoms with van der Waals surface area (Å²) in [5.74, 6) is -0.901. The second-order valence-electron chi connectivity index (χ2n) is 8.06. The standard InChI is InChI=1S/C28H20ClN3O3/c29-20-11-12-25-21(15-20)22(26(33)13-14-27(34)35)17-32(25)28-30-23(18-7-3-1-4-8-18)16-24(31-28)19-9-5-2-6-10-19/h1-12,15-17H,13-14H2,(H,34,35). The fraction of sp³-hybridized carbons (Fsp3) is 0.0714. The van der Waals surface area contributed by atoms with Crippen LogP contribution in [0.25, 0.3) is 39.4 Å². The SMILES string of the molecule is O=C(O)CCC(=O)c1cn(-c2nc(-c3ccccc3)cc(-c3ccccc3)n2)c2ccc(Cl)cc12. The molecule has 0 saturated carbocycles. The van der Waals surface area contributed by atoms with E-state index < -0.39 is 5.97 Å². The number of aliphatic carboxylic acids is 1. The van der Waals surface area contributed by atoms with Gasteiger partial charge in [-0.3, -0.25) is 14.2 Å². The molecule has 7 heteroatoms. The molecule has 172 valence electrons. The maximum Gasteiger partial charge on any atom is 0.303 e. The minimum Gasteiger partial charge on any atom is -0.481 e. The molecule has 0 aliphatic heterocycles. The van der Waals surface area contributed by atoms with Crippen molar-refractivity contribution in [2.24, 2.45) is 0 Å². The number of rotatable bonds is 7. The van der Waals surface area contributed by atoms with Crippen molar-refractivity contribution in [3.8, 4) is 28.5 Å². The van der Waals surface area contributed by atoms with Crippen molar-refractivity contribution < 1.29 is 14.7 Å². The molecule has 0 bridgehead atoms. The molecule has 5 rings (SSSR count). The van der Waals surface area contributed by atoms with Gasteiger partial charge in [0.1, 0.15) is 0 Å². The Kier molecular flexibility index (Phi) is 6.12. The number of benzene rings is 3. The first-order chi connectivity index (χ1) is 17.0. The average molecular weight is 482 g/mol. The first kappa shape index (κ1) is 22.5. The van der Waals surface area contributed by atoms with E-state index in [-0.39, 0.29) is 18.6 Å². The van der Waals surface area contributed by atoms with E-state index in [1.165, 1.54) is 0 Å². The van der Waals surface area contributed by atoms with Gasteiger partial charge in [-0.1, -0.05) is 72.3 Å². The van der Waals surface area contributed by atoms with Gasteiger partial charge in [0, 0.05) is 39.7 Å². The normalized spacial score (nSPS) is 11.0. The van der Waals surface area contributed by atoms with Crippen molar-refractivity contribution in [1.82, 2.24) is 14.5 Å². The molecule has 0 fully saturated rings. The van der Waals surface area contributed by atoms with Gasteiger partial charge in [-0.15, -0.1) is 0 Å². The predicted octanol–water partition coefficient (Wildman–Crippen LogP) is 6.46. The Labute approximate surface area is 206 Å². The fourth-order valence-electron chi connectivity index (χ4n) is 4.00. The number of Topliss-reactive ketones (excluding diaryl/α,β-unsaturated/α-hetero) is 1. The van der Waals surface area contributed by atoms with E-state index in [1.54, 1.807) is 22.9 Å². The predicted molar refractivity (Wildman–Crippen MR) is 136 cm³/mol. The Morgan fingerprint density at radius 2 is 1.40 bits per heavy atom. The molecule has 0 aliphatic rings. The molecular weight excluding hydrogens is 462 g/mol. The van der Waals surface area contributed by atoms with Crippen molar-refractivity contribution in [3.05, 3.63) is 102 Å². The number of halogens is 1. The molecule has 0 saturated heterocycles. The molecule has 1 N–H and O–H groups in total. The van der Waals surface area contributed by atoms with E-state index in [0.717, 1.165) is 22.5 Å². The highest BCUT2D eigenvalue weighted by atomic mass is 35.5. The van der Waals surface area contributed by atoms with Crippen LogP contribution in [0.2, 0.25) is 5.02 Å². The van der Waals surface area contributed by atoms with Crippen LogP contribution >= 0.6 is 11.6 Å². The Morgan fingerprint density at radius 1 is 0.800 bits per heavy atom. The number of carboxylic acids is 1. The van der Waals surface area contributed by atoms with E-state index in [9.17, 15) is 9.59 Å². The lowest BCUT2D eigenvalue weighted by Crippen LogP contribution is -2.04. The second-order valence-corrected chi connectivity index (χ2v) is 8.50. The summed E-state index contributed by atoms with van der Waals surface area (Å²) in [6, 6.07) is 26.8. The van der Waals surface area contributed by atoms with Gasteiger partial charge in [0.25, 0.3) is 0 Å². The topological polar surface area (TPSA) is 85.1 Å². The van der Waals surface area contributed by atoms with E-state index in [2.05, 4.69) is 0 Å². The number of ketones is 1. The average Bonchev–Trinajstić information content (AvgIpc) is 3.27. The summed E-state index contributed by atoms with van der Waals surface area (Å²) in [6.45, 7) is 0. The second kappa shape index (κ2) is 9.52. The highest BCUT2D eigenvalue weighted by Crippen LogP contribution is 2.30. The third kappa shape index (κ3) is 4.69. The first-order valence-corrected chi connectivity index (χ1v) is 11.4. The minimum atomic E-state index is -1.02. The smallest absolute Gasteiger partial charge is 0.303 e. The minimum absolute atomic E-state index is 0.110. The summed E-state index contributed by atoms with van der Waals surface area (Å²) >= 11 is 6.24.